The lowest BCUT2D eigenvalue weighted by atomic mass is 9.80. The fraction of sp³-hybridized carbons (Fsp3) is 0.737. The van der Waals surface area contributed by atoms with Gasteiger partial charge in [-0.3, -0.25) is 0 Å². The van der Waals surface area contributed by atoms with Crippen molar-refractivity contribution in [2.45, 2.75) is 59.0 Å². The Labute approximate surface area is 139 Å². The Morgan fingerprint density at radius 2 is 1.96 bits per heavy atom. The number of rotatable bonds is 2. The lowest BCUT2D eigenvalue weighted by Crippen LogP contribution is -2.31. The van der Waals surface area contributed by atoms with E-state index in [0.29, 0.717) is 11.8 Å². The van der Waals surface area contributed by atoms with Crippen molar-refractivity contribution in [2.75, 3.05) is 13.1 Å². The van der Waals surface area contributed by atoms with E-state index in [2.05, 4.69) is 32.9 Å². The number of likely N-dealkylation sites (tertiary alicyclic amines) is 1. The molecule has 2 aliphatic carbocycles. The highest BCUT2D eigenvalue weighted by atomic mass is 16.6. The number of nitrogens with zero attached hydrogens (tertiary/aromatic N) is 1. The monoisotopic (exact) mass is 318 g/mol. The minimum Gasteiger partial charge on any atom is -0.446 e. The third-order valence-electron chi connectivity index (χ3n) is 5.47. The minimum atomic E-state index is -0.115. The number of hydrogen-bond acceptors (Lipinski definition) is 3. The van der Waals surface area contributed by atoms with E-state index in [1.807, 2.05) is 4.90 Å². The molecule has 2 unspecified atom stereocenters. The maximum absolute atomic E-state index is 12.1. The molecule has 3 atom stereocenters. The fourth-order valence-electron chi connectivity index (χ4n) is 4.09. The van der Waals surface area contributed by atoms with Gasteiger partial charge in [0.15, 0.2) is 0 Å². The largest absolute Gasteiger partial charge is 0.446 e. The smallest absolute Gasteiger partial charge is 0.410 e. The maximum atomic E-state index is 12.1. The molecule has 0 bridgehead atoms. The van der Waals surface area contributed by atoms with Crippen LogP contribution in [0.4, 0.5) is 4.79 Å². The maximum Gasteiger partial charge on any atom is 0.410 e. The molecular weight excluding hydrogens is 288 g/mol. The van der Waals surface area contributed by atoms with Gasteiger partial charge >= 0.3 is 6.09 Å². The molecule has 0 aromatic heterocycles. The molecule has 1 heterocycles. The summed E-state index contributed by atoms with van der Waals surface area (Å²) in [5, 5.41) is 0. The number of hydrogen-bond donors (Lipinski definition) is 1. The molecule has 128 valence electrons. The Morgan fingerprint density at radius 3 is 2.57 bits per heavy atom. The number of carbonyl (C=O) groups excluding carboxylic acids is 1. The molecule has 0 radical (unpaired) electrons. The third-order valence-corrected chi connectivity index (χ3v) is 5.47. The van der Waals surface area contributed by atoms with Crippen LogP contribution in [0.25, 0.3) is 0 Å². The number of nitrogens with two attached hydrogens (primary N) is 1. The summed E-state index contributed by atoms with van der Waals surface area (Å²) in [5.74, 6) is 0.806. The van der Waals surface area contributed by atoms with E-state index in [1.165, 1.54) is 5.57 Å². The predicted octanol–water partition coefficient (Wildman–Crippen LogP) is 3.83. The van der Waals surface area contributed by atoms with Crippen molar-refractivity contribution in [1.82, 2.24) is 4.90 Å². The summed E-state index contributed by atoms with van der Waals surface area (Å²) in [6.07, 6.45) is 9.65. The first kappa shape index (κ1) is 16.4. The van der Waals surface area contributed by atoms with Gasteiger partial charge in [0.25, 0.3) is 0 Å². The first-order chi connectivity index (χ1) is 10.8. The average Bonchev–Trinajstić information content (AvgIpc) is 3.15. The second-order valence-corrected chi connectivity index (χ2v) is 8.36. The van der Waals surface area contributed by atoms with Crippen LogP contribution >= 0.6 is 0 Å². The predicted molar refractivity (Wildman–Crippen MR) is 91.7 cm³/mol. The van der Waals surface area contributed by atoms with Gasteiger partial charge in [-0.15, -0.1) is 0 Å². The van der Waals surface area contributed by atoms with Gasteiger partial charge in [0.1, 0.15) is 6.10 Å². The molecule has 1 aliphatic heterocycles. The summed E-state index contributed by atoms with van der Waals surface area (Å²) < 4.78 is 5.71. The van der Waals surface area contributed by atoms with Crippen LogP contribution in [0.5, 0.6) is 0 Å². The van der Waals surface area contributed by atoms with Crippen molar-refractivity contribution in [3.63, 3.8) is 0 Å². The van der Waals surface area contributed by atoms with Crippen LogP contribution in [0.1, 0.15) is 52.9 Å². The zero-order valence-corrected chi connectivity index (χ0v) is 14.7. The summed E-state index contributed by atoms with van der Waals surface area (Å²) in [6.45, 7) is 8.40. The molecule has 23 heavy (non-hydrogen) atoms. The van der Waals surface area contributed by atoms with Crippen molar-refractivity contribution >= 4 is 6.09 Å². The van der Waals surface area contributed by atoms with Crippen molar-refractivity contribution in [3.05, 3.63) is 23.4 Å². The summed E-state index contributed by atoms with van der Waals surface area (Å²) >= 11 is 0. The SMILES string of the molecule is CC(C)(C)C1C=C(C2CC[C@@H](OC(=O)N3CCCC3)C2)C=C1N. The zero-order chi connectivity index (χ0) is 16.6. The summed E-state index contributed by atoms with van der Waals surface area (Å²) in [7, 11) is 0. The van der Waals surface area contributed by atoms with Crippen LogP contribution < -0.4 is 5.73 Å². The van der Waals surface area contributed by atoms with Gasteiger partial charge in [0.05, 0.1) is 0 Å². The van der Waals surface area contributed by atoms with Gasteiger partial charge in [-0.25, -0.2) is 4.79 Å². The lowest BCUT2D eigenvalue weighted by Gasteiger charge is -2.26. The Kier molecular flexibility index (Phi) is 4.43. The Morgan fingerprint density at radius 1 is 1.26 bits per heavy atom. The lowest BCUT2D eigenvalue weighted by molar-refractivity contribution is 0.0704. The number of allylic oxidation sites excluding steroid dienone is 3. The van der Waals surface area contributed by atoms with Gasteiger partial charge in [-0.2, -0.15) is 0 Å². The number of amides is 1. The van der Waals surface area contributed by atoms with E-state index < -0.39 is 0 Å². The van der Waals surface area contributed by atoms with Crippen LogP contribution in [0.15, 0.2) is 23.4 Å². The van der Waals surface area contributed by atoms with Crippen LogP contribution in [-0.2, 0) is 4.74 Å². The quantitative estimate of drug-likeness (QED) is 0.842. The molecule has 1 amide bonds. The van der Waals surface area contributed by atoms with Crippen LogP contribution in [0.2, 0.25) is 0 Å². The fourth-order valence-corrected chi connectivity index (χ4v) is 4.09. The molecule has 3 aliphatic rings. The molecule has 4 nitrogen and oxygen atoms in total. The van der Waals surface area contributed by atoms with Crippen LogP contribution in [0.3, 0.4) is 0 Å². The van der Waals surface area contributed by atoms with Crippen LogP contribution in [0, 0.1) is 17.3 Å². The summed E-state index contributed by atoms with van der Waals surface area (Å²) in [6, 6.07) is 0. The second kappa shape index (κ2) is 6.21. The van der Waals surface area contributed by atoms with Gasteiger partial charge in [-0.05, 0) is 55.1 Å². The Bertz CT molecular complexity index is 524. The summed E-state index contributed by atoms with van der Waals surface area (Å²) in [4.78, 5) is 14.0. The average molecular weight is 318 g/mol. The van der Waals surface area contributed by atoms with Crippen LogP contribution in [-0.4, -0.2) is 30.2 Å². The molecule has 3 rings (SSSR count). The van der Waals surface area contributed by atoms with E-state index >= 15 is 0 Å². The topological polar surface area (TPSA) is 55.6 Å². The van der Waals surface area contributed by atoms with E-state index in [1.54, 1.807) is 0 Å². The molecule has 2 N–H and O–H groups in total. The van der Waals surface area contributed by atoms with Gasteiger partial charge in [-0.1, -0.05) is 26.8 Å². The number of carbonyl (C=O) groups is 1. The first-order valence-corrected chi connectivity index (χ1v) is 8.99. The van der Waals surface area contributed by atoms with E-state index in [4.69, 9.17) is 10.5 Å². The zero-order valence-electron chi connectivity index (χ0n) is 14.7. The molecule has 0 aromatic carbocycles. The molecule has 2 fully saturated rings. The highest BCUT2D eigenvalue weighted by molar-refractivity contribution is 5.68. The standard InChI is InChI=1S/C19H30N2O2/c1-19(2,3)16-11-14(12-17(16)20)13-6-7-15(10-13)23-18(22)21-8-4-5-9-21/h11-13,15-16H,4-10,20H2,1-3H3/t13?,15-,16?/m1/s1. The normalized spacial score (nSPS) is 31.3. The van der Waals surface area contributed by atoms with E-state index in [-0.39, 0.29) is 17.6 Å². The third kappa shape index (κ3) is 3.56. The Hall–Kier alpha value is -1.45. The van der Waals surface area contributed by atoms with Crippen molar-refractivity contribution in [1.29, 1.82) is 0 Å². The van der Waals surface area contributed by atoms with E-state index in [9.17, 15) is 4.79 Å². The van der Waals surface area contributed by atoms with E-state index in [0.717, 1.165) is 50.9 Å². The highest BCUT2D eigenvalue weighted by Gasteiger charge is 2.35. The molecule has 4 heteroatoms. The minimum absolute atomic E-state index is 0.0670. The van der Waals surface area contributed by atoms with Gasteiger partial charge < -0.3 is 15.4 Å². The molecule has 1 saturated carbocycles. The van der Waals surface area contributed by atoms with Crippen molar-refractivity contribution in [3.8, 4) is 0 Å². The number of ether oxygens (including phenoxy) is 1. The van der Waals surface area contributed by atoms with Crippen molar-refractivity contribution in [2.24, 2.45) is 23.0 Å². The highest BCUT2D eigenvalue weighted by Crippen LogP contribution is 2.42. The second-order valence-electron chi connectivity index (χ2n) is 8.36. The molecular formula is C19H30N2O2. The van der Waals surface area contributed by atoms with Gasteiger partial charge in [0.2, 0.25) is 0 Å². The molecule has 1 saturated heterocycles. The molecule has 0 aromatic rings. The molecule has 0 spiro atoms. The van der Waals surface area contributed by atoms with Crippen molar-refractivity contribution < 1.29 is 9.53 Å². The first-order valence-electron chi connectivity index (χ1n) is 8.99. The van der Waals surface area contributed by atoms with Gasteiger partial charge in [0, 0.05) is 24.7 Å². The summed E-state index contributed by atoms with van der Waals surface area (Å²) in [5.41, 5.74) is 8.72. The Balaban J connectivity index is 1.57.